The zero-order valence-electron chi connectivity index (χ0n) is 10.6. The fraction of sp³-hybridized carbons (Fsp3) is 1.00. The molecule has 3 atom stereocenters. The van der Waals surface area contributed by atoms with E-state index in [0.29, 0.717) is 12.6 Å². The highest BCUT2D eigenvalue weighted by molar-refractivity contribution is 5.01. The Morgan fingerprint density at radius 2 is 2.20 bits per heavy atom. The van der Waals surface area contributed by atoms with Crippen LogP contribution in [0.25, 0.3) is 0 Å². The van der Waals surface area contributed by atoms with Crippen LogP contribution in [0.2, 0.25) is 0 Å². The molecule has 15 heavy (non-hydrogen) atoms. The lowest BCUT2D eigenvalue weighted by Crippen LogP contribution is -2.60. The molecule has 3 unspecified atom stereocenters. The predicted molar refractivity (Wildman–Crippen MR) is 63.9 cm³/mol. The molecule has 1 rings (SSSR count). The highest BCUT2D eigenvalue weighted by atomic mass is 16.5. The molecule has 0 aliphatic carbocycles. The summed E-state index contributed by atoms with van der Waals surface area (Å²) in [6, 6.07) is 0.586. The molecule has 90 valence electrons. The van der Waals surface area contributed by atoms with Gasteiger partial charge in [-0.15, -0.1) is 0 Å². The molecule has 3 nitrogen and oxygen atoms in total. The lowest BCUT2D eigenvalue weighted by Gasteiger charge is -2.45. The summed E-state index contributed by atoms with van der Waals surface area (Å²) in [5.41, 5.74) is 6.08. The van der Waals surface area contributed by atoms with Crippen LogP contribution in [0.5, 0.6) is 0 Å². The SMILES string of the molecule is CCC(C)N(CC)C1(CN)CCOC1C. The second-order valence-electron chi connectivity index (χ2n) is 4.61. The summed E-state index contributed by atoms with van der Waals surface area (Å²) >= 11 is 0. The molecule has 1 saturated heterocycles. The molecule has 1 heterocycles. The lowest BCUT2D eigenvalue weighted by molar-refractivity contribution is -0.00432. The normalized spacial score (nSPS) is 33.6. The van der Waals surface area contributed by atoms with Gasteiger partial charge in [0.2, 0.25) is 0 Å². The van der Waals surface area contributed by atoms with E-state index in [0.717, 1.165) is 19.6 Å². The zero-order chi connectivity index (χ0) is 11.5. The molecule has 0 saturated carbocycles. The smallest absolute Gasteiger partial charge is 0.0743 e. The van der Waals surface area contributed by atoms with Gasteiger partial charge in [0.05, 0.1) is 11.6 Å². The largest absolute Gasteiger partial charge is 0.376 e. The van der Waals surface area contributed by atoms with Crippen molar-refractivity contribution in [3.8, 4) is 0 Å². The number of likely N-dealkylation sites (N-methyl/N-ethyl adjacent to an activating group) is 1. The number of nitrogens with zero attached hydrogens (tertiary/aromatic N) is 1. The zero-order valence-corrected chi connectivity index (χ0v) is 10.6. The van der Waals surface area contributed by atoms with E-state index in [2.05, 4.69) is 32.6 Å². The van der Waals surface area contributed by atoms with Crippen LogP contribution in [0.15, 0.2) is 0 Å². The molecule has 0 amide bonds. The standard InChI is InChI=1S/C12H26N2O/c1-5-10(3)14(6-2)12(9-13)7-8-15-11(12)4/h10-11H,5-9,13H2,1-4H3. The van der Waals surface area contributed by atoms with Crippen molar-refractivity contribution in [2.45, 2.75) is 58.2 Å². The third-order valence-electron chi connectivity index (χ3n) is 4.05. The fourth-order valence-corrected chi connectivity index (χ4v) is 2.82. The Labute approximate surface area is 94.0 Å². The molecule has 0 bridgehead atoms. The van der Waals surface area contributed by atoms with Crippen LogP contribution in [-0.2, 0) is 4.74 Å². The monoisotopic (exact) mass is 214 g/mol. The first-order valence-electron chi connectivity index (χ1n) is 6.20. The minimum Gasteiger partial charge on any atom is -0.376 e. The molecule has 1 aliphatic heterocycles. The number of nitrogens with two attached hydrogens (primary N) is 1. The van der Waals surface area contributed by atoms with Crippen molar-refractivity contribution >= 4 is 0 Å². The molecule has 3 heteroatoms. The third kappa shape index (κ3) is 2.19. The van der Waals surface area contributed by atoms with Gasteiger partial charge in [0.25, 0.3) is 0 Å². The number of hydrogen-bond donors (Lipinski definition) is 1. The maximum Gasteiger partial charge on any atom is 0.0743 e. The van der Waals surface area contributed by atoms with Gasteiger partial charge in [-0.1, -0.05) is 13.8 Å². The van der Waals surface area contributed by atoms with E-state index in [9.17, 15) is 0 Å². The molecule has 0 radical (unpaired) electrons. The number of ether oxygens (including phenoxy) is 1. The molecular formula is C12H26N2O. The Bertz CT molecular complexity index is 198. The van der Waals surface area contributed by atoms with Gasteiger partial charge in [-0.05, 0) is 33.2 Å². The van der Waals surface area contributed by atoms with Gasteiger partial charge in [0.1, 0.15) is 0 Å². The summed E-state index contributed by atoms with van der Waals surface area (Å²) in [5, 5.41) is 0. The Kier molecular flexibility index (Phi) is 4.56. The Hall–Kier alpha value is -0.120. The Balaban J connectivity index is 2.86. The second-order valence-corrected chi connectivity index (χ2v) is 4.61. The third-order valence-corrected chi connectivity index (χ3v) is 4.05. The molecule has 0 spiro atoms. The highest BCUT2D eigenvalue weighted by Gasteiger charge is 2.45. The van der Waals surface area contributed by atoms with Crippen molar-refractivity contribution in [2.24, 2.45) is 5.73 Å². The molecular weight excluding hydrogens is 188 g/mol. The molecule has 1 aliphatic rings. The molecule has 1 fully saturated rings. The molecule has 2 N–H and O–H groups in total. The summed E-state index contributed by atoms with van der Waals surface area (Å²) in [6.45, 7) is 11.5. The van der Waals surface area contributed by atoms with E-state index in [-0.39, 0.29) is 11.6 Å². The van der Waals surface area contributed by atoms with E-state index < -0.39 is 0 Å². The maximum absolute atomic E-state index is 6.01. The van der Waals surface area contributed by atoms with Crippen LogP contribution < -0.4 is 5.73 Å². The topological polar surface area (TPSA) is 38.5 Å². The molecule has 0 aromatic carbocycles. The van der Waals surface area contributed by atoms with E-state index in [1.807, 2.05) is 0 Å². The van der Waals surface area contributed by atoms with Gasteiger partial charge in [-0.3, -0.25) is 4.90 Å². The minimum atomic E-state index is 0.0736. The van der Waals surface area contributed by atoms with Gasteiger partial charge < -0.3 is 10.5 Å². The first-order chi connectivity index (χ1) is 7.12. The van der Waals surface area contributed by atoms with Gasteiger partial charge in [-0.2, -0.15) is 0 Å². The lowest BCUT2D eigenvalue weighted by atomic mass is 9.88. The van der Waals surface area contributed by atoms with Gasteiger partial charge in [-0.25, -0.2) is 0 Å². The predicted octanol–water partition coefficient (Wildman–Crippen LogP) is 1.61. The van der Waals surface area contributed by atoms with Crippen LogP contribution >= 0.6 is 0 Å². The summed E-state index contributed by atoms with van der Waals surface area (Å²) in [7, 11) is 0. The van der Waals surface area contributed by atoms with Crippen molar-refractivity contribution in [1.29, 1.82) is 0 Å². The van der Waals surface area contributed by atoms with Crippen LogP contribution in [0.3, 0.4) is 0 Å². The number of hydrogen-bond acceptors (Lipinski definition) is 3. The maximum atomic E-state index is 6.01. The van der Waals surface area contributed by atoms with E-state index in [1.54, 1.807) is 0 Å². The highest BCUT2D eigenvalue weighted by Crippen LogP contribution is 2.33. The Morgan fingerprint density at radius 3 is 2.53 bits per heavy atom. The first kappa shape index (κ1) is 12.9. The number of rotatable bonds is 5. The van der Waals surface area contributed by atoms with Crippen molar-refractivity contribution < 1.29 is 4.74 Å². The summed E-state index contributed by atoms with van der Waals surface area (Å²) in [5.74, 6) is 0. The molecule has 0 aromatic rings. The van der Waals surface area contributed by atoms with Crippen LogP contribution in [0.4, 0.5) is 0 Å². The fourth-order valence-electron chi connectivity index (χ4n) is 2.82. The van der Waals surface area contributed by atoms with Crippen LogP contribution in [-0.4, -0.2) is 42.3 Å². The summed E-state index contributed by atoms with van der Waals surface area (Å²) in [6.07, 6.45) is 2.50. The molecule has 0 aromatic heterocycles. The van der Waals surface area contributed by atoms with Crippen LogP contribution in [0, 0.1) is 0 Å². The Morgan fingerprint density at radius 1 is 1.53 bits per heavy atom. The van der Waals surface area contributed by atoms with Crippen molar-refractivity contribution in [3.05, 3.63) is 0 Å². The minimum absolute atomic E-state index is 0.0736. The first-order valence-corrected chi connectivity index (χ1v) is 6.20. The summed E-state index contributed by atoms with van der Waals surface area (Å²) in [4.78, 5) is 2.53. The van der Waals surface area contributed by atoms with Crippen molar-refractivity contribution in [3.63, 3.8) is 0 Å². The summed E-state index contributed by atoms with van der Waals surface area (Å²) < 4.78 is 5.72. The second kappa shape index (κ2) is 5.28. The van der Waals surface area contributed by atoms with Crippen LogP contribution in [0.1, 0.15) is 40.5 Å². The van der Waals surface area contributed by atoms with Crippen molar-refractivity contribution in [2.75, 3.05) is 19.7 Å². The quantitative estimate of drug-likeness (QED) is 0.755. The van der Waals surface area contributed by atoms with Gasteiger partial charge in [0.15, 0.2) is 0 Å². The van der Waals surface area contributed by atoms with Gasteiger partial charge in [0, 0.05) is 19.2 Å². The van der Waals surface area contributed by atoms with Crippen molar-refractivity contribution in [1.82, 2.24) is 4.90 Å². The van der Waals surface area contributed by atoms with E-state index in [4.69, 9.17) is 10.5 Å². The van der Waals surface area contributed by atoms with E-state index in [1.165, 1.54) is 6.42 Å². The van der Waals surface area contributed by atoms with Gasteiger partial charge >= 0.3 is 0 Å². The average Bonchev–Trinajstić information content (AvgIpc) is 2.62. The van der Waals surface area contributed by atoms with E-state index >= 15 is 0 Å². The average molecular weight is 214 g/mol.